The van der Waals surface area contributed by atoms with E-state index in [4.69, 9.17) is 0 Å². The zero-order chi connectivity index (χ0) is 9.84. The van der Waals surface area contributed by atoms with Crippen molar-refractivity contribution in [3.05, 3.63) is 0 Å². The summed E-state index contributed by atoms with van der Waals surface area (Å²) in [7, 11) is 3.06. The number of imide groups is 1. The third-order valence-corrected chi connectivity index (χ3v) is 2.55. The molecule has 0 bridgehead atoms. The van der Waals surface area contributed by atoms with Gasteiger partial charge in [0.15, 0.2) is 0 Å². The normalized spacial score (nSPS) is 17.1. The Morgan fingerprint density at radius 2 is 1.85 bits per heavy atom. The van der Waals surface area contributed by atoms with Gasteiger partial charge in [-0.3, -0.25) is 9.69 Å². The van der Waals surface area contributed by atoms with E-state index < -0.39 is 0 Å². The zero-order valence-corrected chi connectivity index (χ0v) is 8.17. The number of nitrogens with zero attached hydrogens (tertiary/aromatic N) is 1. The summed E-state index contributed by atoms with van der Waals surface area (Å²) in [5.74, 6) is 0.0270. The van der Waals surface area contributed by atoms with E-state index in [0.717, 1.165) is 25.7 Å². The highest BCUT2D eigenvalue weighted by atomic mass is 16.2. The summed E-state index contributed by atoms with van der Waals surface area (Å²) in [6.07, 6.45) is 4.08. The van der Waals surface area contributed by atoms with Crippen LogP contribution in [-0.2, 0) is 4.79 Å². The first kappa shape index (κ1) is 10.0. The van der Waals surface area contributed by atoms with Crippen LogP contribution in [0.5, 0.6) is 0 Å². The second kappa shape index (κ2) is 4.25. The summed E-state index contributed by atoms with van der Waals surface area (Å²) in [5, 5.41) is 2.44. The fourth-order valence-electron chi connectivity index (χ4n) is 1.71. The lowest BCUT2D eigenvalue weighted by Crippen LogP contribution is -2.41. The Bertz CT molecular complexity index is 210. The lowest BCUT2D eigenvalue weighted by Gasteiger charge is -2.18. The standard InChI is InChI=1S/C9H16N2O2/c1-10-9(13)11(2)8(12)7-5-3-4-6-7/h7H,3-6H2,1-2H3,(H,10,13). The highest BCUT2D eigenvalue weighted by Crippen LogP contribution is 2.26. The molecule has 1 saturated carbocycles. The maximum atomic E-state index is 11.6. The molecule has 0 atom stereocenters. The Morgan fingerprint density at radius 1 is 1.31 bits per heavy atom. The molecule has 1 aliphatic rings. The van der Waals surface area contributed by atoms with Crippen LogP contribution in [0.25, 0.3) is 0 Å². The molecule has 1 N–H and O–H groups in total. The minimum Gasteiger partial charge on any atom is -0.341 e. The lowest BCUT2D eigenvalue weighted by atomic mass is 10.1. The summed E-state index contributed by atoms with van der Waals surface area (Å²) in [4.78, 5) is 23.9. The van der Waals surface area contributed by atoms with E-state index >= 15 is 0 Å². The van der Waals surface area contributed by atoms with Crippen molar-refractivity contribution in [1.82, 2.24) is 10.2 Å². The Kier molecular flexibility index (Phi) is 3.28. The van der Waals surface area contributed by atoms with E-state index in [0.29, 0.717) is 0 Å². The first-order valence-electron chi connectivity index (χ1n) is 4.66. The molecular formula is C9H16N2O2. The van der Waals surface area contributed by atoms with Gasteiger partial charge >= 0.3 is 6.03 Å². The number of hydrogen-bond donors (Lipinski definition) is 1. The molecule has 0 saturated heterocycles. The van der Waals surface area contributed by atoms with Gasteiger partial charge in [0, 0.05) is 20.0 Å². The number of rotatable bonds is 1. The summed E-state index contributed by atoms with van der Waals surface area (Å²) < 4.78 is 0. The van der Waals surface area contributed by atoms with E-state index in [9.17, 15) is 9.59 Å². The van der Waals surface area contributed by atoms with Gasteiger partial charge in [0.2, 0.25) is 5.91 Å². The molecule has 13 heavy (non-hydrogen) atoms. The quantitative estimate of drug-likeness (QED) is 0.660. The van der Waals surface area contributed by atoms with Crippen LogP contribution in [0, 0.1) is 5.92 Å². The van der Waals surface area contributed by atoms with Gasteiger partial charge in [0.1, 0.15) is 0 Å². The highest BCUT2D eigenvalue weighted by Gasteiger charge is 2.27. The van der Waals surface area contributed by atoms with Crippen LogP contribution in [0.2, 0.25) is 0 Å². The molecule has 0 spiro atoms. The number of carbonyl (C=O) groups excluding carboxylic acids is 2. The Labute approximate surface area is 78.3 Å². The SMILES string of the molecule is CNC(=O)N(C)C(=O)C1CCCC1. The van der Waals surface area contributed by atoms with Crippen LogP contribution in [-0.4, -0.2) is 30.9 Å². The Morgan fingerprint density at radius 3 is 2.31 bits per heavy atom. The Hall–Kier alpha value is -1.06. The second-order valence-corrected chi connectivity index (χ2v) is 3.43. The molecule has 0 heterocycles. The van der Waals surface area contributed by atoms with E-state index in [2.05, 4.69) is 5.32 Å². The van der Waals surface area contributed by atoms with E-state index in [-0.39, 0.29) is 17.9 Å². The maximum Gasteiger partial charge on any atom is 0.323 e. The topological polar surface area (TPSA) is 49.4 Å². The molecule has 0 unspecified atom stereocenters. The Balaban J connectivity index is 2.50. The fraction of sp³-hybridized carbons (Fsp3) is 0.778. The minimum atomic E-state index is -0.322. The van der Waals surface area contributed by atoms with Gasteiger partial charge in [-0.05, 0) is 12.8 Å². The fourth-order valence-corrected chi connectivity index (χ4v) is 1.71. The lowest BCUT2D eigenvalue weighted by molar-refractivity contribution is -0.131. The van der Waals surface area contributed by atoms with Gasteiger partial charge in [-0.15, -0.1) is 0 Å². The van der Waals surface area contributed by atoms with Gasteiger partial charge in [-0.2, -0.15) is 0 Å². The van der Waals surface area contributed by atoms with Gasteiger partial charge < -0.3 is 5.32 Å². The van der Waals surface area contributed by atoms with Crippen LogP contribution in [0.1, 0.15) is 25.7 Å². The predicted molar refractivity (Wildman–Crippen MR) is 49.2 cm³/mol. The molecule has 0 aromatic rings. The molecule has 1 rings (SSSR count). The molecule has 0 radical (unpaired) electrons. The van der Waals surface area contributed by atoms with E-state index in [1.54, 1.807) is 0 Å². The monoisotopic (exact) mass is 184 g/mol. The van der Waals surface area contributed by atoms with Crippen molar-refractivity contribution in [2.24, 2.45) is 5.92 Å². The smallest absolute Gasteiger partial charge is 0.323 e. The van der Waals surface area contributed by atoms with Crippen molar-refractivity contribution in [2.45, 2.75) is 25.7 Å². The van der Waals surface area contributed by atoms with Crippen molar-refractivity contribution in [3.8, 4) is 0 Å². The van der Waals surface area contributed by atoms with Crippen LogP contribution >= 0.6 is 0 Å². The molecule has 0 aromatic carbocycles. The average Bonchev–Trinajstić information content (AvgIpc) is 2.67. The van der Waals surface area contributed by atoms with Crippen LogP contribution in [0.3, 0.4) is 0 Å². The number of amides is 3. The van der Waals surface area contributed by atoms with Crippen LogP contribution in [0.15, 0.2) is 0 Å². The van der Waals surface area contributed by atoms with Crippen LogP contribution in [0.4, 0.5) is 4.79 Å². The van der Waals surface area contributed by atoms with Crippen molar-refractivity contribution in [1.29, 1.82) is 0 Å². The first-order chi connectivity index (χ1) is 6.16. The molecule has 4 nitrogen and oxygen atoms in total. The van der Waals surface area contributed by atoms with Crippen molar-refractivity contribution < 1.29 is 9.59 Å². The second-order valence-electron chi connectivity index (χ2n) is 3.43. The number of hydrogen-bond acceptors (Lipinski definition) is 2. The molecule has 0 aromatic heterocycles. The average molecular weight is 184 g/mol. The molecule has 1 aliphatic carbocycles. The number of urea groups is 1. The molecular weight excluding hydrogens is 168 g/mol. The van der Waals surface area contributed by atoms with E-state index in [1.165, 1.54) is 19.0 Å². The minimum absolute atomic E-state index is 0.0446. The third-order valence-electron chi connectivity index (χ3n) is 2.55. The summed E-state index contributed by atoms with van der Waals surface area (Å²) in [5.41, 5.74) is 0. The van der Waals surface area contributed by atoms with Crippen molar-refractivity contribution in [3.63, 3.8) is 0 Å². The van der Waals surface area contributed by atoms with Crippen LogP contribution < -0.4 is 5.32 Å². The van der Waals surface area contributed by atoms with Gasteiger partial charge in [0.05, 0.1) is 0 Å². The molecule has 4 heteroatoms. The first-order valence-corrected chi connectivity index (χ1v) is 4.66. The summed E-state index contributed by atoms with van der Waals surface area (Å²) in [6.45, 7) is 0. The van der Waals surface area contributed by atoms with Crippen molar-refractivity contribution >= 4 is 11.9 Å². The predicted octanol–water partition coefficient (Wildman–Crippen LogP) is 0.974. The molecule has 3 amide bonds. The third kappa shape index (κ3) is 2.20. The van der Waals surface area contributed by atoms with Gasteiger partial charge in [-0.1, -0.05) is 12.8 Å². The number of nitrogens with one attached hydrogen (secondary N) is 1. The number of carbonyl (C=O) groups is 2. The maximum absolute atomic E-state index is 11.6. The van der Waals surface area contributed by atoms with Gasteiger partial charge in [0.25, 0.3) is 0 Å². The van der Waals surface area contributed by atoms with Gasteiger partial charge in [-0.25, -0.2) is 4.79 Å². The molecule has 0 aliphatic heterocycles. The highest BCUT2D eigenvalue weighted by molar-refractivity contribution is 5.95. The molecule has 1 fully saturated rings. The van der Waals surface area contributed by atoms with Crippen molar-refractivity contribution in [2.75, 3.05) is 14.1 Å². The largest absolute Gasteiger partial charge is 0.341 e. The molecule has 74 valence electrons. The van der Waals surface area contributed by atoms with E-state index in [1.807, 2.05) is 0 Å². The zero-order valence-electron chi connectivity index (χ0n) is 8.17. The summed E-state index contributed by atoms with van der Waals surface area (Å²) >= 11 is 0. The summed E-state index contributed by atoms with van der Waals surface area (Å²) in [6, 6.07) is -0.322.